The molecular formula is C14H14N2O. The summed E-state index contributed by atoms with van der Waals surface area (Å²) in [6.07, 6.45) is 3.33. The number of aryl methyl sites for hydroxylation is 2. The number of aromatic nitrogens is 2. The van der Waals surface area contributed by atoms with Gasteiger partial charge in [0, 0.05) is 11.8 Å². The van der Waals surface area contributed by atoms with Crippen molar-refractivity contribution in [2.45, 2.75) is 13.8 Å². The van der Waals surface area contributed by atoms with Crippen LogP contribution in [0.3, 0.4) is 0 Å². The van der Waals surface area contributed by atoms with Gasteiger partial charge in [-0.1, -0.05) is 30.3 Å². The van der Waals surface area contributed by atoms with Crippen LogP contribution in [0.2, 0.25) is 0 Å². The van der Waals surface area contributed by atoms with E-state index in [4.69, 9.17) is 0 Å². The van der Waals surface area contributed by atoms with E-state index >= 15 is 0 Å². The maximum atomic E-state index is 11.9. The number of hydrogen-bond donors (Lipinski definition) is 0. The summed E-state index contributed by atoms with van der Waals surface area (Å²) in [6.45, 7) is 3.74. The maximum absolute atomic E-state index is 11.9. The lowest BCUT2D eigenvalue weighted by Crippen LogP contribution is -2.10. The minimum Gasteiger partial charge on any atom is -0.267 e. The molecule has 0 saturated carbocycles. The largest absolute Gasteiger partial charge is 0.271 e. The van der Waals surface area contributed by atoms with Crippen molar-refractivity contribution in [1.82, 2.24) is 9.78 Å². The molecule has 0 atom stereocenters. The first kappa shape index (κ1) is 11.3. The van der Waals surface area contributed by atoms with Gasteiger partial charge in [0.15, 0.2) is 0 Å². The van der Waals surface area contributed by atoms with Gasteiger partial charge in [-0.05, 0) is 31.6 Å². The second-order valence-corrected chi connectivity index (χ2v) is 3.92. The summed E-state index contributed by atoms with van der Waals surface area (Å²) < 4.78 is 1.41. The minimum absolute atomic E-state index is 0.126. The van der Waals surface area contributed by atoms with Gasteiger partial charge in [-0.2, -0.15) is 5.10 Å². The molecule has 1 heterocycles. The van der Waals surface area contributed by atoms with Crippen LogP contribution in [0.4, 0.5) is 0 Å². The predicted octanol–water partition coefficient (Wildman–Crippen LogP) is 2.85. The highest BCUT2D eigenvalue weighted by molar-refractivity contribution is 5.93. The average Bonchev–Trinajstić information content (AvgIpc) is 2.67. The van der Waals surface area contributed by atoms with Crippen molar-refractivity contribution in [3.8, 4) is 0 Å². The molecule has 0 N–H and O–H groups in total. The molecule has 0 aliphatic rings. The summed E-state index contributed by atoms with van der Waals surface area (Å²) in [6, 6.07) is 11.6. The molecule has 0 radical (unpaired) electrons. The van der Waals surface area contributed by atoms with E-state index < -0.39 is 0 Å². The molecule has 2 rings (SSSR count). The first-order chi connectivity index (χ1) is 8.16. The third-order valence-electron chi connectivity index (χ3n) is 2.44. The van der Waals surface area contributed by atoms with Gasteiger partial charge >= 0.3 is 0 Å². The van der Waals surface area contributed by atoms with E-state index in [1.807, 2.05) is 50.2 Å². The van der Waals surface area contributed by atoms with Crippen molar-refractivity contribution in [2.24, 2.45) is 0 Å². The molecule has 3 nitrogen and oxygen atoms in total. The number of allylic oxidation sites excluding steroid dienone is 1. The Bertz CT molecular complexity index is 553. The summed E-state index contributed by atoms with van der Waals surface area (Å²) >= 11 is 0. The number of benzene rings is 1. The average molecular weight is 226 g/mol. The van der Waals surface area contributed by atoms with Crippen LogP contribution < -0.4 is 0 Å². The quantitative estimate of drug-likeness (QED) is 0.738. The lowest BCUT2D eigenvalue weighted by molar-refractivity contribution is 0.0952. The first-order valence-electron chi connectivity index (χ1n) is 5.47. The molecule has 0 unspecified atom stereocenters. The van der Waals surface area contributed by atoms with Gasteiger partial charge in [0.2, 0.25) is 0 Å². The third kappa shape index (κ3) is 2.69. The van der Waals surface area contributed by atoms with E-state index in [9.17, 15) is 4.79 Å². The van der Waals surface area contributed by atoms with Crippen molar-refractivity contribution >= 4 is 12.0 Å². The molecule has 0 spiro atoms. The summed E-state index contributed by atoms with van der Waals surface area (Å²) in [7, 11) is 0. The van der Waals surface area contributed by atoms with Crippen molar-refractivity contribution in [2.75, 3.05) is 0 Å². The van der Waals surface area contributed by atoms with Gasteiger partial charge < -0.3 is 0 Å². The molecule has 0 bridgehead atoms. The molecule has 1 aromatic carbocycles. The van der Waals surface area contributed by atoms with Crippen molar-refractivity contribution in [1.29, 1.82) is 0 Å². The molecule has 3 heteroatoms. The predicted molar refractivity (Wildman–Crippen MR) is 67.8 cm³/mol. The fourth-order valence-corrected chi connectivity index (χ4v) is 1.65. The molecule has 0 amide bonds. The molecule has 2 aromatic rings. The summed E-state index contributed by atoms with van der Waals surface area (Å²) in [5.41, 5.74) is 2.71. The monoisotopic (exact) mass is 226 g/mol. The van der Waals surface area contributed by atoms with Crippen LogP contribution in [0.5, 0.6) is 0 Å². The van der Waals surface area contributed by atoms with Gasteiger partial charge in [-0.15, -0.1) is 0 Å². The standard InChI is InChI=1S/C14H14N2O/c1-11-10-12(2)16(15-11)14(17)9-8-13-6-4-3-5-7-13/h3-10H,1-2H3. The zero-order valence-corrected chi connectivity index (χ0v) is 9.92. The van der Waals surface area contributed by atoms with E-state index in [2.05, 4.69) is 5.10 Å². The molecule has 0 aliphatic heterocycles. The van der Waals surface area contributed by atoms with Crippen LogP contribution in [0.1, 0.15) is 21.7 Å². The van der Waals surface area contributed by atoms with E-state index in [1.54, 1.807) is 6.08 Å². The van der Waals surface area contributed by atoms with E-state index in [-0.39, 0.29) is 5.91 Å². The number of rotatable bonds is 2. The Morgan fingerprint density at radius 3 is 2.53 bits per heavy atom. The first-order valence-corrected chi connectivity index (χ1v) is 5.47. The highest BCUT2D eigenvalue weighted by Crippen LogP contribution is 2.04. The number of carbonyl (C=O) groups excluding carboxylic acids is 1. The van der Waals surface area contributed by atoms with Gasteiger partial charge in [0.25, 0.3) is 5.91 Å². The third-order valence-corrected chi connectivity index (χ3v) is 2.44. The topological polar surface area (TPSA) is 34.9 Å². The van der Waals surface area contributed by atoms with Gasteiger partial charge in [-0.25, -0.2) is 4.68 Å². The SMILES string of the molecule is Cc1cc(C)n(C(=O)C=Cc2ccccc2)n1. The zero-order chi connectivity index (χ0) is 12.3. The molecule has 17 heavy (non-hydrogen) atoms. The van der Waals surface area contributed by atoms with Crippen LogP contribution in [0, 0.1) is 13.8 Å². The maximum Gasteiger partial charge on any atom is 0.271 e. The summed E-state index contributed by atoms with van der Waals surface area (Å²) in [5, 5.41) is 4.14. The van der Waals surface area contributed by atoms with Crippen LogP contribution in [-0.4, -0.2) is 15.7 Å². The Morgan fingerprint density at radius 2 is 1.94 bits per heavy atom. The number of carbonyl (C=O) groups is 1. The van der Waals surface area contributed by atoms with E-state index in [1.165, 1.54) is 10.8 Å². The van der Waals surface area contributed by atoms with E-state index in [0.717, 1.165) is 17.0 Å². The smallest absolute Gasteiger partial charge is 0.267 e. The molecule has 0 aliphatic carbocycles. The Kier molecular flexibility index (Phi) is 3.19. The lowest BCUT2D eigenvalue weighted by atomic mass is 10.2. The normalized spacial score (nSPS) is 10.9. The zero-order valence-electron chi connectivity index (χ0n) is 9.92. The highest BCUT2D eigenvalue weighted by Gasteiger charge is 2.05. The highest BCUT2D eigenvalue weighted by atomic mass is 16.2. The van der Waals surface area contributed by atoms with Gasteiger partial charge in [0.05, 0.1) is 5.69 Å². The van der Waals surface area contributed by atoms with Gasteiger partial charge in [0.1, 0.15) is 0 Å². The Hall–Kier alpha value is -2.16. The fraction of sp³-hybridized carbons (Fsp3) is 0.143. The molecule has 86 valence electrons. The second kappa shape index (κ2) is 4.78. The minimum atomic E-state index is -0.126. The van der Waals surface area contributed by atoms with E-state index in [0.29, 0.717) is 0 Å². The Labute approximate surface area is 100 Å². The number of hydrogen-bond acceptors (Lipinski definition) is 2. The molecule has 0 fully saturated rings. The fourth-order valence-electron chi connectivity index (χ4n) is 1.65. The number of nitrogens with zero attached hydrogens (tertiary/aromatic N) is 2. The Balaban J connectivity index is 2.18. The second-order valence-electron chi connectivity index (χ2n) is 3.92. The molecule has 0 saturated heterocycles. The van der Waals surface area contributed by atoms with Crippen molar-refractivity contribution in [3.05, 3.63) is 59.4 Å². The summed E-state index contributed by atoms with van der Waals surface area (Å²) in [4.78, 5) is 11.9. The molecule has 1 aromatic heterocycles. The lowest BCUT2D eigenvalue weighted by Gasteiger charge is -1.97. The van der Waals surface area contributed by atoms with Crippen molar-refractivity contribution < 1.29 is 4.79 Å². The van der Waals surface area contributed by atoms with Crippen LogP contribution in [0.15, 0.2) is 42.5 Å². The van der Waals surface area contributed by atoms with Crippen molar-refractivity contribution in [3.63, 3.8) is 0 Å². The van der Waals surface area contributed by atoms with Crippen LogP contribution in [0.25, 0.3) is 6.08 Å². The molecular weight excluding hydrogens is 212 g/mol. The Morgan fingerprint density at radius 1 is 1.24 bits per heavy atom. The van der Waals surface area contributed by atoms with Crippen LogP contribution >= 0.6 is 0 Å². The van der Waals surface area contributed by atoms with Crippen LogP contribution in [-0.2, 0) is 0 Å². The van der Waals surface area contributed by atoms with Gasteiger partial charge in [-0.3, -0.25) is 4.79 Å². The summed E-state index contributed by atoms with van der Waals surface area (Å²) in [5.74, 6) is -0.126.